The number of nitrogens with two attached hydrogens (primary N) is 1. The third-order valence-corrected chi connectivity index (χ3v) is 7.07. The van der Waals surface area contributed by atoms with E-state index in [2.05, 4.69) is 4.98 Å². The number of para-hydroxylation sites is 1. The fourth-order valence-electron chi connectivity index (χ4n) is 3.23. The molecule has 1 saturated heterocycles. The van der Waals surface area contributed by atoms with Crippen LogP contribution in [-0.2, 0) is 32.2 Å². The van der Waals surface area contributed by atoms with Gasteiger partial charge < -0.3 is 20.1 Å². The van der Waals surface area contributed by atoms with Gasteiger partial charge in [-0.25, -0.2) is 18.0 Å². The van der Waals surface area contributed by atoms with Crippen molar-refractivity contribution in [3.63, 3.8) is 0 Å². The lowest BCUT2D eigenvalue weighted by atomic mass is 9.98. The van der Waals surface area contributed by atoms with Crippen molar-refractivity contribution in [1.82, 2.24) is 9.55 Å². The van der Waals surface area contributed by atoms with E-state index in [1.165, 1.54) is 6.07 Å². The molecule has 3 heterocycles. The van der Waals surface area contributed by atoms with E-state index in [-0.39, 0.29) is 12.4 Å². The number of ether oxygens (including phenoxy) is 1. The molecule has 0 aliphatic carbocycles. The molecule has 0 radical (unpaired) electrons. The molecule has 14 heteroatoms. The molecular formula is C17H17F3N3O6PS. The first-order chi connectivity index (χ1) is 14.7. The Balaban J connectivity index is 1.58. The number of hydrogen-bond donors (Lipinski definition) is 2. The van der Waals surface area contributed by atoms with Crippen molar-refractivity contribution in [3.8, 4) is 5.75 Å². The van der Waals surface area contributed by atoms with E-state index in [1.807, 2.05) is 0 Å². The van der Waals surface area contributed by atoms with Crippen LogP contribution < -0.4 is 15.9 Å². The molecule has 1 fully saturated rings. The fourth-order valence-corrected chi connectivity index (χ4v) is 5.05. The molecule has 31 heavy (non-hydrogen) atoms. The molecule has 0 bridgehead atoms. The summed E-state index contributed by atoms with van der Waals surface area (Å²) in [6.45, 7) is -4.63. The van der Waals surface area contributed by atoms with Gasteiger partial charge in [-0.15, -0.1) is 0 Å². The molecule has 9 nitrogen and oxygen atoms in total. The molecule has 0 spiro atoms. The zero-order valence-electron chi connectivity index (χ0n) is 15.6. The summed E-state index contributed by atoms with van der Waals surface area (Å²) in [5.74, 6) is 0.225. The van der Waals surface area contributed by atoms with Crippen LogP contribution in [0.5, 0.6) is 5.75 Å². The summed E-state index contributed by atoms with van der Waals surface area (Å²) >= 11 is 5.21. The van der Waals surface area contributed by atoms with Crippen molar-refractivity contribution < 1.29 is 36.6 Å². The number of aromatic nitrogens is 2. The van der Waals surface area contributed by atoms with Crippen LogP contribution in [0.4, 0.5) is 19.0 Å². The second-order valence-electron chi connectivity index (χ2n) is 6.89. The number of nitrogen functional groups attached to an aromatic ring is 1. The Kier molecular flexibility index (Phi) is 5.83. The number of alkyl halides is 3. The molecule has 0 amide bonds. The Morgan fingerprint density at radius 2 is 2.16 bits per heavy atom. The quantitative estimate of drug-likeness (QED) is 0.620. The van der Waals surface area contributed by atoms with Crippen LogP contribution >= 0.6 is 6.72 Å². The number of anilines is 1. The van der Waals surface area contributed by atoms with Crippen LogP contribution in [0.15, 0.2) is 41.3 Å². The number of aliphatic hydroxyl groups excluding tert-OH is 1. The van der Waals surface area contributed by atoms with Gasteiger partial charge in [0.25, 0.3) is 6.43 Å². The summed E-state index contributed by atoms with van der Waals surface area (Å²) in [6, 6.07) is 7.94. The summed E-state index contributed by atoms with van der Waals surface area (Å²) < 4.78 is 65.1. The van der Waals surface area contributed by atoms with E-state index in [9.17, 15) is 23.1 Å². The summed E-state index contributed by atoms with van der Waals surface area (Å²) in [7, 11) is 0. The molecule has 4 rings (SSSR count). The van der Waals surface area contributed by atoms with Gasteiger partial charge in [0, 0.05) is 23.6 Å². The van der Waals surface area contributed by atoms with E-state index in [0.29, 0.717) is 15.9 Å². The topological polar surface area (TPSA) is 118 Å². The van der Waals surface area contributed by atoms with E-state index in [1.54, 1.807) is 24.3 Å². The molecule has 3 N–H and O–H groups in total. The lowest BCUT2D eigenvalue weighted by Crippen LogP contribution is -2.50. The highest BCUT2D eigenvalue weighted by Crippen LogP contribution is 2.56. The normalized spacial score (nSPS) is 32.6. The standard InChI is InChI=1S/C17H17F3N3O6PS/c18-13-12(24)14(23-6-5-11(21)22-16(23)25)28-17(13,15(19)20)8-27-30(31)26-7-9-3-1-2-4-10(9)29-30/h1-6,12-15,24H,7-8H2,(H2,21,22,25). The SMILES string of the molecule is Nc1ccn(C2OC(COP3(=S)OCc4ccccc4O3)(C(F)F)C(F)C2O)c(=O)n1. The van der Waals surface area contributed by atoms with E-state index in [4.69, 9.17) is 35.8 Å². The smallest absolute Gasteiger partial charge is 0.381 e. The minimum Gasteiger partial charge on any atom is -0.424 e. The highest BCUT2D eigenvalue weighted by Gasteiger charge is 2.62. The number of fused-ring (bicyclic) bond motifs is 1. The monoisotopic (exact) mass is 479 g/mol. The van der Waals surface area contributed by atoms with Crippen LogP contribution in [0.1, 0.15) is 11.8 Å². The molecule has 2 aliphatic rings. The first kappa shape index (κ1) is 22.2. The second-order valence-corrected chi connectivity index (χ2v) is 9.83. The predicted molar refractivity (Wildman–Crippen MR) is 105 cm³/mol. The van der Waals surface area contributed by atoms with Gasteiger partial charge in [0.05, 0.1) is 13.2 Å². The highest BCUT2D eigenvalue weighted by atomic mass is 32.5. The van der Waals surface area contributed by atoms with Crippen LogP contribution in [0.25, 0.3) is 0 Å². The second kappa shape index (κ2) is 8.15. The van der Waals surface area contributed by atoms with Gasteiger partial charge in [0.15, 0.2) is 18.0 Å². The Labute approximate surface area is 178 Å². The van der Waals surface area contributed by atoms with Crippen molar-refractivity contribution >= 4 is 24.3 Å². The van der Waals surface area contributed by atoms with Gasteiger partial charge in [-0.3, -0.25) is 13.6 Å². The van der Waals surface area contributed by atoms with Crippen LogP contribution in [-0.4, -0.2) is 45.6 Å². The van der Waals surface area contributed by atoms with Crippen LogP contribution in [0, 0.1) is 0 Å². The predicted octanol–water partition coefficient (Wildman–Crippen LogP) is 1.91. The molecule has 168 valence electrons. The Hall–Kier alpha value is -2.02. The molecule has 1 aromatic heterocycles. The zero-order chi connectivity index (χ0) is 22.4. The van der Waals surface area contributed by atoms with Crippen molar-refractivity contribution in [1.29, 1.82) is 0 Å². The van der Waals surface area contributed by atoms with Gasteiger partial charge in [-0.05, 0) is 12.1 Å². The summed E-state index contributed by atoms with van der Waals surface area (Å²) in [4.78, 5) is 15.4. The maximum absolute atomic E-state index is 15.0. The van der Waals surface area contributed by atoms with E-state index < -0.39 is 49.5 Å². The zero-order valence-corrected chi connectivity index (χ0v) is 17.3. The molecule has 2 aliphatic heterocycles. The molecular weight excluding hydrogens is 462 g/mol. The average molecular weight is 479 g/mol. The Morgan fingerprint density at radius 1 is 1.42 bits per heavy atom. The fraction of sp³-hybridized carbons (Fsp3) is 0.412. The number of nitrogens with zero attached hydrogens (tertiary/aromatic N) is 2. The summed E-state index contributed by atoms with van der Waals surface area (Å²) in [5.41, 5.74) is 2.13. The van der Waals surface area contributed by atoms with Gasteiger partial charge in [0.2, 0.25) is 0 Å². The number of benzene rings is 1. The first-order valence-electron chi connectivity index (χ1n) is 8.94. The van der Waals surface area contributed by atoms with Crippen LogP contribution in [0.3, 0.4) is 0 Å². The minimum atomic E-state index is -3.56. The van der Waals surface area contributed by atoms with E-state index >= 15 is 0 Å². The molecule has 2 aromatic rings. The maximum Gasteiger partial charge on any atom is 0.381 e. The average Bonchev–Trinajstić information content (AvgIpc) is 2.98. The summed E-state index contributed by atoms with van der Waals surface area (Å²) in [6.07, 6.45) is -8.92. The minimum absolute atomic E-state index is 0.0206. The lowest BCUT2D eigenvalue weighted by molar-refractivity contribution is -0.183. The molecule has 5 unspecified atom stereocenters. The maximum atomic E-state index is 15.0. The largest absolute Gasteiger partial charge is 0.424 e. The first-order valence-corrected chi connectivity index (χ1v) is 11.5. The van der Waals surface area contributed by atoms with Crippen molar-refractivity contribution in [2.75, 3.05) is 12.3 Å². The van der Waals surface area contributed by atoms with Crippen molar-refractivity contribution in [2.45, 2.75) is 37.1 Å². The van der Waals surface area contributed by atoms with E-state index in [0.717, 1.165) is 6.20 Å². The third kappa shape index (κ3) is 3.97. The van der Waals surface area contributed by atoms with Crippen molar-refractivity contribution in [3.05, 3.63) is 52.6 Å². The number of halogens is 3. The number of hydrogen-bond acceptors (Lipinski definition) is 9. The lowest BCUT2D eigenvalue weighted by Gasteiger charge is -2.33. The van der Waals surface area contributed by atoms with Gasteiger partial charge in [-0.1, -0.05) is 18.2 Å². The number of aliphatic hydroxyl groups is 1. The third-order valence-electron chi connectivity index (χ3n) is 4.90. The van der Waals surface area contributed by atoms with Crippen LogP contribution in [0.2, 0.25) is 0 Å². The number of rotatable bonds is 5. The van der Waals surface area contributed by atoms with Crippen molar-refractivity contribution in [2.24, 2.45) is 0 Å². The molecule has 1 aromatic carbocycles. The Bertz CT molecular complexity index is 1090. The Morgan fingerprint density at radius 3 is 2.87 bits per heavy atom. The summed E-state index contributed by atoms with van der Waals surface area (Å²) in [5, 5.41) is 10.2. The van der Waals surface area contributed by atoms with Gasteiger partial charge >= 0.3 is 12.4 Å². The highest BCUT2D eigenvalue weighted by molar-refractivity contribution is 8.07. The molecule has 5 atom stereocenters. The van der Waals surface area contributed by atoms with Gasteiger partial charge in [0.1, 0.15) is 17.7 Å². The van der Waals surface area contributed by atoms with Gasteiger partial charge in [-0.2, -0.15) is 4.98 Å². The molecule has 0 saturated carbocycles.